The van der Waals surface area contributed by atoms with Gasteiger partial charge < -0.3 is 9.47 Å². The first-order valence-corrected chi connectivity index (χ1v) is 6.22. The predicted octanol–water partition coefficient (Wildman–Crippen LogP) is 2.44. The number of hydrogen-bond donors (Lipinski definition) is 0. The van der Waals surface area contributed by atoms with Crippen LogP contribution in [0.25, 0.3) is 0 Å². The first-order chi connectivity index (χ1) is 8.10. The second kappa shape index (κ2) is 6.61. The molecule has 0 heterocycles. The summed E-state index contributed by atoms with van der Waals surface area (Å²) in [6.07, 6.45) is -0.519. The highest BCUT2D eigenvalue weighted by Gasteiger charge is 2.33. The molecule has 0 N–H and O–H groups in total. The second-order valence-electron chi connectivity index (χ2n) is 5.53. The molecule has 0 spiro atoms. The summed E-state index contributed by atoms with van der Waals surface area (Å²) in [6.45, 7) is 11.1. The minimum absolute atomic E-state index is 0.0402. The van der Waals surface area contributed by atoms with Crippen LogP contribution in [0.2, 0.25) is 0 Å². The normalized spacial score (nSPS) is 13.1. The summed E-state index contributed by atoms with van der Waals surface area (Å²) in [6, 6.07) is -0.625. The van der Waals surface area contributed by atoms with Crippen molar-refractivity contribution in [3.8, 4) is 0 Å². The van der Waals surface area contributed by atoms with Crippen LogP contribution in [0.1, 0.15) is 41.5 Å². The zero-order chi connectivity index (χ0) is 14.5. The molecule has 1 amide bonds. The van der Waals surface area contributed by atoms with E-state index in [9.17, 15) is 9.59 Å². The maximum atomic E-state index is 11.9. The number of carbonyl (C=O) groups is 2. The molecule has 106 valence electrons. The molecule has 0 aliphatic rings. The van der Waals surface area contributed by atoms with E-state index in [1.54, 1.807) is 34.7 Å². The van der Waals surface area contributed by atoms with Gasteiger partial charge in [-0.15, -0.1) is 0 Å². The SMILES string of the molecule is CCOC(=O)[C@H](C(C)C)N(C)C(=O)OC(C)(C)C. The molecule has 0 bridgehead atoms. The second-order valence-corrected chi connectivity index (χ2v) is 5.53. The van der Waals surface area contributed by atoms with E-state index in [1.807, 2.05) is 13.8 Å². The van der Waals surface area contributed by atoms with Gasteiger partial charge in [0, 0.05) is 7.05 Å². The molecule has 0 saturated heterocycles. The Morgan fingerprint density at radius 1 is 1.22 bits per heavy atom. The van der Waals surface area contributed by atoms with Gasteiger partial charge in [-0.05, 0) is 33.6 Å². The lowest BCUT2D eigenvalue weighted by Crippen LogP contribution is -2.48. The number of amides is 1. The summed E-state index contributed by atoms with van der Waals surface area (Å²) in [5.74, 6) is -0.442. The van der Waals surface area contributed by atoms with E-state index in [4.69, 9.17) is 9.47 Å². The van der Waals surface area contributed by atoms with Crippen molar-refractivity contribution in [2.24, 2.45) is 5.92 Å². The molecule has 0 aliphatic carbocycles. The van der Waals surface area contributed by atoms with Crippen LogP contribution in [0.4, 0.5) is 4.79 Å². The number of nitrogens with zero attached hydrogens (tertiary/aromatic N) is 1. The van der Waals surface area contributed by atoms with Crippen molar-refractivity contribution in [2.75, 3.05) is 13.7 Å². The molecule has 0 aliphatic heterocycles. The molecule has 0 radical (unpaired) electrons. The van der Waals surface area contributed by atoms with E-state index >= 15 is 0 Å². The molecule has 0 aromatic heterocycles. The Kier molecular flexibility index (Phi) is 6.15. The summed E-state index contributed by atoms with van der Waals surface area (Å²) in [4.78, 5) is 25.0. The van der Waals surface area contributed by atoms with Crippen LogP contribution < -0.4 is 0 Å². The van der Waals surface area contributed by atoms with Gasteiger partial charge in [0.25, 0.3) is 0 Å². The summed E-state index contributed by atoms with van der Waals surface area (Å²) >= 11 is 0. The standard InChI is InChI=1S/C13H25NO4/c1-8-17-11(15)10(9(2)3)14(7)12(16)18-13(4,5)6/h9-10H,8H2,1-7H3/t10-/m0/s1. The summed E-state index contributed by atoms with van der Waals surface area (Å²) in [7, 11) is 1.55. The third-order valence-corrected chi connectivity index (χ3v) is 2.26. The average molecular weight is 259 g/mol. The molecule has 0 unspecified atom stereocenters. The Balaban J connectivity index is 4.81. The number of likely N-dealkylation sites (N-methyl/N-ethyl adjacent to an activating group) is 1. The van der Waals surface area contributed by atoms with E-state index in [1.165, 1.54) is 4.90 Å². The average Bonchev–Trinajstić information content (AvgIpc) is 2.14. The number of rotatable bonds is 4. The van der Waals surface area contributed by atoms with Gasteiger partial charge in [0.15, 0.2) is 0 Å². The molecule has 1 atom stereocenters. The van der Waals surface area contributed by atoms with Crippen LogP contribution in [0, 0.1) is 5.92 Å². The first-order valence-electron chi connectivity index (χ1n) is 6.22. The molecule has 0 fully saturated rings. The van der Waals surface area contributed by atoms with Gasteiger partial charge in [-0.3, -0.25) is 4.90 Å². The smallest absolute Gasteiger partial charge is 0.410 e. The summed E-state index contributed by atoms with van der Waals surface area (Å²) in [5, 5.41) is 0. The van der Waals surface area contributed by atoms with Crippen molar-refractivity contribution in [2.45, 2.75) is 53.2 Å². The minimum Gasteiger partial charge on any atom is -0.464 e. The van der Waals surface area contributed by atoms with Crippen LogP contribution in [-0.4, -0.2) is 42.3 Å². The van der Waals surface area contributed by atoms with Gasteiger partial charge in [0.2, 0.25) is 0 Å². The molecule has 0 saturated carbocycles. The van der Waals surface area contributed by atoms with Gasteiger partial charge in [-0.25, -0.2) is 9.59 Å². The van der Waals surface area contributed by atoms with Crippen molar-refractivity contribution in [1.29, 1.82) is 0 Å². The number of hydrogen-bond acceptors (Lipinski definition) is 4. The Morgan fingerprint density at radius 3 is 2.06 bits per heavy atom. The third-order valence-electron chi connectivity index (χ3n) is 2.26. The van der Waals surface area contributed by atoms with Gasteiger partial charge in [-0.2, -0.15) is 0 Å². The predicted molar refractivity (Wildman–Crippen MR) is 69.3 cm³/mol. The molecule has 5 heteroatoms. The molecular formula is C13H25NO4. The van der Waals surface area contributed by atoms with Crippen molar-refractivity contribution >= 4 is 12.1 Å². The highest BCUT2D eigenvalue weighted by atomic mass is 16.6. The lowest BCUT2D eigenvalue weighted by atomic mass is 10.0. The highest BCUT2D eigenvalue weighted by molar-refractivity contribution is 5.81. The van der Waals surface area contributed by atoms with Crippen LogP contribution in [0.15, 0.2) is 0 Å². The van der Waals surface area contributed by atoms with Crippen molar-refractivity contribution in [1.82, 2.24) is 4.90 Å². The topological polar surface area (TPSA) is 55.8 Å². The number of carbonyl (C=O) groups excluding carboxylic acids is 2. The zero-order valence-corrected chi connectivity index (χ0v) is 12.4. The van der Waals surface area contributed by atoms with Crippen LogP contribution in [-0.2, 0) is 14.3 Å². The van der Waals surface area contributed by atoms with E-state index in [-0.39, 0.29) is 5.92 Å². The quantitative estimate of drug-likeness (QED) is 0.728. The fourth-order valence-electron chi connectivity index (χ4n) is 1.55. The van der Waals surface area contributed by atoms with Crippen LogP contribution >= 0.6 is 0 Å². The Hall–Kier alpha value is -1.26. The fraction of sp³-hybridized carbons (Fsp3) is 0.846. The maximum Gasteiger partial charge on any atom is 0.410 e. The molecule has 0 aromatic rings. The zero-order valence-electron chi connectivity index (χ0n) is 12.4. The molecule has 0 rings (SSSR count). The summed E-state index contributed by atoms with van der Waals surface area (Å²) in [5.41, 5.74) is -0.582. The molecule has 5 nitrogen and oxygen atoms in total. The Morgan fingerprint density at radius 2 is 1.72 bits per heavy atom. The van der Waals surface area contributed by atoms with Crippen molar-refractivity contribution in [3.63, 3.8) is 0 Å². The van der Waals surface area contributed by atoms with E-state index < -0.39 is 23.7 Å². The Bertz CT molecular complexity index is 294. The monoisotopic (exact) mass is 259 g/mol. The molecular weight excluding hydrogens is 234 g/mol. The minimum atomic E-state index is -0.625. The van der Waals surface area contributed by atoms with Gasteiger partial charge in [0.1, 0.15) is 11.6 Å². The largest absolute Gasteiger partial charge is 0.464 e. The van der Waals surface area contributed by atoms with Gasteiger partial charge >= 0.3 is 12.1 Å². The maximum absolute atomic E-state index is 11.9. The Labute approximate surface area is 109 Å². The number of ether oxygens (including phenoxy) is 2. The van der Waals surface area contributed by atoms with Crippen molar-refractivity contribution in [3.05, 3.63) is 0 Å². The van der Waals surface area contributed by atoms with Crippen LogP contribution in [0.3, 0.4) is 0 Å². The van der Waals surface area contributed by atoms with Gasteiger partial charge in [-0.1, -0.05) is 13.8 Å². The number of esters is 1. The molecule has 0 aromatic carbocycles. The first kappa shape index (κ1) is 16.7. The summed E-state index contributed by atoms with van der Waals surface area (Å²) < 4.78 is 10.2. The van der Waals surface area contributed by atoms with E-state index in [2.05, 4.69) is 0 Å². The lowest BCUT2D eigenvalue weighted by molar-refractivity contribution is -0.150. The van der Waals surface area contributed by atoms with E-state index in [0.29, 0.717) is 6.61 Å². The lowest BCUT2D eigenvalue weighted by Gasteiger charge is -2.31. The van der Waals surface area contributed by atoms with Gasteiger partial charge in [0.05, 0.1) is 6.61 Å². The van der Waals surface area contributed by atoms with E-state index in [0.717, 1.165) is 0 Å². The van der Waals surface area contributed by atoms with Crippen molar-refractivity contribution < 1.29 is 19.1 Å². The fourth-order valence-corrected chi connectivity index (χ4v) is 1.55. The molecule has 18 heavy (non-hydrogen) atoms. The van der Waals surface area contributed by atoms with Crippen LogP contribution in [0.5, 0.6) is 0 Å². The highest BCUT2D eigenvalue weighted by Crippen LogP contribution is 2.16. The third kappa shape index (κ3) is 5.38.